The van der Waals surface area contributed by atoms with Crippen LogP contribution in [0.4, 0.5) is 0 Å². The zero-order valence-corrected chi connectivity index (χ0v) is 15.8. The van der Waals surface area contributed by atoms with Gasteiger partial charge in [0.2, 0.25) is 11.8 Å². The Balaban J connectivity index is 2.17. The lowest BCUT2D eigenvalue weighted by Crippen LogP contribution is -2.49. The summed E-state index contributed by atoms with van der Waals surface area (Å²) in [5.41, 5.74) is 1.96. The molecule has 0 aliphatic heterocycles. The number of benzene rings is 2. The minimum atomic E-state index is -0.527. The normalized spacial score (nSPS) is 12.9. The van der Waals surface area contributed by atoms with Crippen molar-refractivity contribution in [2.45, 2.75) is 52.2 Å². The highest BCUT2D eigenvalue weighted by molar-refractivity contribution is 5.88. The second kappa shape index (κ2) is 9.76. The Labute approximate surface area is 156 Å². The minimum Gasteiger partial charge on any atom is -0.352 e. The quantitative estimate of drug-likeness (QED) is 0.790. The van der Waals surface area contributed by atoms with Crippen molar-refractivity contribution in [3.8, 4) is 0 Å². The maximum atomic E-state index is 13.0. The van der Waals surface area contributed by atoms with Crippen LogP contribution in [0.25, 0.3) is 0 Å². The van der Waals surface area contributed by atoms with E-state index in [1.165, 1.54) is 0 Å². The number of amides is 2. The number of nitrogens with zero attached hydrogens (tertiary/aromatic N) is 1. The van der Waals surface area contributed by atoms with E-state index in [9.17, 15) is 9.59 Å². The van der Waals surface area contributed by atoms with Gasteiger partial charge >= 0.3 is 0 Å². The summed E-state index contributed by atoms with van der Waals surface area (Å²) in [6.45, 7) is 6.21. The number of carbonyl (C=O) groups excluding carboxylic acids is 2. The summed E-state index contributed by atoms with van der Waals surface area (Å²) in [4.78, 5) is 27.2. The maximum absolute atomic E-state index is 13.0. The molecule has 2 rings (SSSR count). The molecule has 0 saturated carbocycles. The van der Waals surface area contributed by atoms with Gasteiger partial charge in [-0.25, -0.2) is 0 Å². The van der Waals surface area contributed by atoms with Gasteiger partial charge in [-0.15, -0.1) is 0 Å². The van der Waals surface area contributed by atoms with Crippen LogP contribution in [0.15, 0.2) is 60.7 Å². The lowest BCUT2D eigenvalue weighted by atomic mass is 10.1. The largest absolute Gasteiger partial charge is 0.352 e. The van der Waals surface area contributed by atoms with Gasteiger partial charge in [-0.1, -0.05) is 67.6 Å². The molecule has 0 radical (unpaired) electrons. The van der Waals surface area contributed by atoms with Crippen LogP contribution in [0.3, 0.4) is 0 Å². The second-order valence-electron chi connectivity index (χ2n) is 6.66. The SMILES string of the molecule is CC[C@@H](C)NC(=O)[C@@H](C)N(Cc1ccccc1)C(=O)Cc1ccccc1. The van der Waals surface area contributed by atoms with E-state index < -0.39 is 6.04 Å². The summed E-state index contributed by atoms with van der Waals surface area (Å²) in [5, 5.41) is 2.98. The van der Waals surface area contributed by atoms with Crippen LogP contribution in [0.2, 0.25) is 0 Å². The Kier molecular flexibility index (Phi) is 7.39. The molecule has 0 heterocycles. The third kappa shape index (κ3) is 5.73. The zero-order valence-electron chi connectivity index (χ0n) is 15.8. The Morgan fingerprint density at radius 3 is 2.00 bits per heavy atom. The summed E-state index contributed by atoms with van der Waals surface area (Å²) >= 11 is 0. The number of rotatable bonds is 8. The molecule has 138 valence electrons. The van der Waals surface area contributed by atoms with E-state index >= 15 is 0 Å². The monoisotopic (exact) mass is 352 g/mol. The maximum Gasteiger partial charge on any atom is 0.242 e. The first-order valence-corrected chi connectivity index (χ1v) is 9.19. The Hall–Kier alpha value is -2.62. The van der Waals surface area contributed by atoms with Crippen molar-refractivity contribution in [2.24, 2.45) is 0 Å². The molecule has 0 saturated heterocycles. The molecule has 0 fully saturated rings. The molecule has 2 atom stereocenters. The zero-order chi connectivity index (χ0) is 18.9. The smallest absolute Gasteiger partial charge is 0.242 e. The molecule has 0 aromatic heterocycles. The number of hydrogen-bond donors (Lipinski definition) is 1. The predicted octanol–water partition coefficient (Wildman–Crippen LogP) is 3.56. The highest BCUT2D eigenvalue weighted by Crippen LogP contribution is 2.12. The predicted molar refractivity (Wildman–Crippen MR) is 104 cm³/mol. The molecule has 0 aliphatic carbocycles. The highest BCUT2D eigenvalue weighted by atomic mass is 16.2. The van der Waals surface area contributed by atoms with Crippen LogP contribution in [0, 0.1) is 0 Å². The number of carbonyl (C=O) groups is 2. The third-order valence-electron chi connectivity index (χ3n) is 4.56. The highest BCUT2D eigenvalue weighted by Gasteiger charge is 2.26. The molecule has 2 aromatic rings. The number of hydrogen-bond acceptors (Lipinski definition) is 2. The van der Waals surface area contributed by atoms with Crippen molar-refractivity contribution in [3.63, 3.8) is 0 Å². The fraction of sp³-hybridized carbons (Fsp3) is 0.364. The van der Waals surface area contributed by atoms with Crippen molar-refractivity contribution in [1.29, 1.82) is 0 Å². The molecule has 0 unspecified atom stereocenters. The molecule has 2 amide bonds. The van der Waals surface area contributed by atoms with E-state index in [0.717, 1.165) is 17.5 Å². The average molecular weight is 352 g/mol. The fourth-order valence-electron chi connectivity index (χ4n) is 2.70. The molecule has 0 spiro atoms. The molecule has 26 heavy (non-hydrogen) atoms. The topological polar surface area (TPSA) is 49.4 Å². The van der Waals surface area contributed by atoms with Crippen LogP contribution in [0.1, 0.15) is 38.3 Å². The van der Waals surface area contributed by atoms with Gasteiger partial charge < -0.3 is 10.2 Å². The van der Waals surface area contributed by atoms with Crippen molar-refractivity contribution in [1.82, 2.24) is 10.2 Å². The summed E-state index contributed by atoms with van der Waals surface area (Å²) in [6, 6.07) is 19.0. The van der Waals surface area contributed by atoms with E-state index in [4.69, 9.17) is 0 Å². The lowest BCUT2D eigenvalue weighted by Gasteiger charge is -2.29. The fourth-order valence-corrected chi connectivity index (χ4v) is 2.70. The van der Waals surface area contributed by atoms with E-state index in [-0.39, 0.29) is 24.3 Å². The average Bonchev–Trinajstić information content (AvgIpc) is 2.66. The first-order chi connectivity index (χ1) is 12.5. The van der Waals surface area contributed by atoms with Gasteiger partial charge in [-0.3, -0.25) is 9.59 Å². The van der Waals surface area contributed by atoms with Gasteiger partial charge in [0.05, 0.1) is 6.42 Å². The standard InChI is InChI=1S/C22H28N2O2/c1-4-17(2)23-22(26)18(3)24(16-20-13-9-6-10-14-20)21(25)15-19-11-7-5-8-12-19/h5-14,17-18H,4,15-16H2,1-3H3,(H,23,26)/t17-,18-/m1/s1. The molecule has 2 aromatic carbocycles. The van der Waals surface area contributed by atoms with Crippen molar-refractivity contribution in [2.75, 3.05) is 0 Å². The van der Waals surface area contributed by atoms with Crippen LogP contribution in [-0.4, -0.2) is 28.8 Å². The Morgan fingerprint density at radius 2 is 1.46 bits per heavy atom. The Bertz CT molecular complexity index is 701. The van der Waals surface area contributed by atoms with Crippen LogP contribution < -0.4 is 5.32 Å². The summed E-state index contributed by atoms with van der Waals surface area (Å²) < 4.78 is 0. The molecular weight excluding hydrogens is 324 g/mol. The van der Waals surface area contributed by atoms with E-state index in [1.807, 2.05) is 74.5 Å². The van der Waals surface area contributed by atoms with Gasteiger partial charge in [-0.05, 0) is 31.4 Å². The molecular formula is C22H28N2O2. The van der Waals surface area contributed by atoms with E-state index in [2.05, 4.69) is 5.32 Å². The molecule has 0 bridgehead atoms. The van der Waals surface area contributed by atoms with E-state index in [0.29, 0.717) is 6.54 Å². The first kappa shape index (κ1) is 19.7. The number of nitrogens with one attached hydrogen (secondary N) is 1. The van der Waals surface area contributed by atoms with Gasteiger partial charge in [0.15, 0.2) is 0 Å². The molecule has 0 aliphatic rings. The van der Waals surface area contributed by atoms with Gasteiger partial charge in [0.25, 0.3) is 0 Å². The van der Waals surface area contributed by atoms with Gasteiger partial charge in [-0.2, -0.15) is 0 Å². The van der Waals surface area contributed by atoms with Crippen LogP contribution in [-0.2, 0) is 22.6 Å². The van der Waals surface area contributed by atoms with E-state index in [1.54, 1.807) is 11.8 Å². The van der Waals surface area contributed by atoms with Gasteiger partial charge in [0.1, 0.15) is 6.04 Å². The molecule has 1 N–H and O–H groups in total. The lowest BCUT2D eigenvalue weighted by molar-refractivity contribution is -0.140. The van der Waals surface area contributed by atoms with Crippen LogP contribution in [0.5, 0.6) is 0 Å². The Morgan fingerprint density at radius 1 is 0.923 bits per heavy atom. The van der Waals surface area contributed by atoms with Crippen LogP contribution >= 0.6 is 0 Å². The third-order valence-corrected chi connectivity index (χ3v) is 4.56. The second-order valence-corrected chi connectivity index (χ2v) is 6.66. The van der Waals surface area contributed by atoms with Crippen molar-refractivity contribution < 1.29 is 9.59 Å². The molecule has 4 heteroatoms. The minimum absolute atomic E-state index is 0.0492. The van der Waals surface area contributed by atoms with Gasteiger partial charge in [0, 0.05) is 12.6 Å². The molecule has 4 nitrogen and oxygen atoms in total. The summed E-state index contributed by atoms with van der Waals surface area (Å²) in [5.74, 6) is -0.163. The first-order valence-electron chi connectivity index (χ1n) is 9.19. The van der Waals surface area contributed by atoms with Crippen molar-refractivity contribution >= 4 is 11.8 Å². The summed E-state index contributed by atoms with van der Waals surface area (Å²) in [7, 11) is 0. The summed E-state index contributed by atoms with van der Waals surface area (Å²) in [6.07, 6.45) is 1.14. The van der Waals surface area contributed by atoms with Crippen molar-refractivity contribution in [3.05, 3.63) is 71.8 Å².